The summed E-state index contributed by atoms with van der Waals surface area (Å²) in [5, 5.41) is 4.02. The molecule has 2 heterocycles. The lowest BCUT2D eigenvalue weighted by Gasteiger charge is -2.18. The number of nitrogens with zero attached hydrogens (tertiary/aromatic N) is 3. The number of aromatic nitrogens is 1. The maximum Gasteiger partial charge on any atom is 0.247 e. The maximum absolute atomic E-state index is 14.2. The van der Waals surface area contributed by atoms with Gasteiger partial charge in [-0.15, -0.1) is 29.3 Å². The Morgan fingerprint density at radius 2 is 2.00 bits per heavy atom. The minimum atomic E-state index is -0.510. The zero-order chi connectivity index (χ0) is 21.5. The van der Waals surface area contributed by atoms with Crippen molar-refractivity contribution in [2.45, 2.75) is 13.5 Å². The fraction of sp³-hybridized carbons (Fsp3) is 0.136. The van der Waals surface area contributed by atoms with E-state index in [-0.39, 0.29) is 17.5 Å². The number of carbonyl (C=O) groups excluding carboxylic acids is 2. The summed E-state index contributed by atoms with van der Waals surface area (Å²) in [7, 11) is 0. The minimum absolute atomic E-state index is 0.138. The van der Waals surface area contributed by atoms with Crippen LogP contribution in [0.1, 0.15) is 17.5 Å². The molecule has 0 spiro atoms. The van der Waals surface area contributed by atoms with Crippen LogP contribution in [0.5, 0.6) is 0 Å². The van der Waals surface area contributed by atoms with Crippen molar-refractivity contribution in [3.05, 3.63) is 82.3 Å². The predicted molar refractivity (Wildman–Crippen MR) is 120 cm³/mol. The summed E-state index contributed by atoms with van der Waals surface area (Å²) in [4.78, 5) is 33.1. The van der Waals surface area contributed by atoms with Gasteiger partial charge < -0.3 is 4.90 Å². The van der Waals surface area contributed by atoms with Crippen LogP contribution >= 0.6 is 22.7 Å². The van der Waals surface area contributed by atoms with Gasteiger partial charge in [0, 0.05) is 29.8 Å². The first-order chi connectivity index (χ1) is 14.5. The summed E-state index contributed by atoms with van der Waals surface area (Å²) in [5.41, 5.74) is 0.652. The van der Waals surface area contributed by atoms with Crippen LogP contribution in [-0.4, -0.2) is 28.2 Å². The Bertz CT molecular complexity index is 1060. The molecule has 0 atom stereocenters. The number of amides is 2. The lowest BCUT2D eigenvalue weighted by Crippen LogP contribution is -2.28. The fourth-order valence-corrected chi connectivity index (χ4v) is 4.30. The topological polar surface area (TPSA) is 53.5 Å². The van der Waals surface area contributed by atoms with E-state index in [1.807, 2.05) is 17.5 Å². The Morgan fingerprint density at radius 3 is 2.67 bits per heavy atom. The van der Waals surface area contributed by atoms with Gasteiger partial charge >= 0.3 is 0 Å². The summed E-state index contributed by atoms with van der Waals surface area (Å²) < 4.78 is 14.2. The molecule has 0 fully saturated rings. The Morgan fingerprint density at radius 1 is 1.20 bits per heavy atom. The molecule has 8 heteroatoms. The summed E-state index contributed by atoms with van der Waals surface area (Å²) in [6, 6.07) is 9.95. The average molecular weight is 442 g/mol. The first kappa shape index (κ1) is 21.6. The second-order valence-electron chi connectivity index (χ2n) is 6.28. The first-order valence-electron chi connectivity index (χ1n) is 9.10. The Kier molecular flexibility index (Phi) is 7.26. The van der Waals surface area contributed by atoms with Gasteiger partial charge in [0.1, 0.15) is 5.82 Å². The molecule has 0 saturated carbocycles. The van der Waals surface area contributed by atoms with Crippen LogP contribution in [0.3, 0.4) is 0 Å². The van der Waals surface area contributed by atoms with E-state index in [0.29, 0.717) is 23.9 Å². The third kappa shape index (κ3) is 5.28. The van der Waals surface area contributed by atoms with E-state index in [1.165, 1.54) is 41.4 Å². The van der Waals surface area contributed by atoms with Gasteiger partial charge in [0.15, 0.2) is 5.13 Å². The number of thiazole rings is 1. The molecule has 3 rings (SSSR count). The van der Waals surface area contributed by atoms with Crippen LogP contribution in [0.4, 0.5) is 15.2 Å². The molecule has 0 radical (unpaired) electrons. The average Bonchev–Trinajstić information content (AvgIpc) is 3.39. The maximum atomic E-state index is 14.2. The molecular weight excluding hydrogens is 421 g/mol. The lowest BCUT2D eigenvalue weighted by atomic mass is 10.3. The van der Waals surface area contributed by atoms with Crippen molar-refractivity contribution < 1.29 is 14.0 Å². The van der Waals surface area contributed by atoms with Gasteiger partial charge in [-0.2, -0.15) is 0 Å². The largest absolute Gasteiger partial charge is 0.330 e. The molecular formula is C22H20FN3O2S2. The van der Waals surface area contributed by atoms with Crippen molar-refractivity contribution in [1.82, 2.24) is 9.88 Å². The van der Waals surface area contributed by atoms with E-state index in [0.717, 1.165) is 4.88 Å². The van der Waals surface area contributed by atoms with Crippen molar-refractivity contribution in [1.29, 1.82) is 0 Å². The Labute approximate surface area is 182 Å². The van der Waals surface area contributed by atoms with Gasteiger partial charge in [0.2, 0.25) is 11.8 Å². The molecule has 154 valence electrons. The van der Waals surface area contributed by atoms with Gasteiger partial charge in [-0.3, -0.25) is 14.5 Å². The Balaban J connectivity index is 1.77. The molecule has 2 aromatic heterocycles. The minimum Gasteiger partial charge on any atom is -0.330 e. The molecule has 3 aromatic rings. The molecule has 2 amide bonds. The van der Waals surface area contributed by atoms with Crippen LogP contribution in [-0.2, 0) is 16.1 Å². The number of hydrogen-bond acceptors (Lipinski definition) is 5. The standard InChI is InChI=1S/C22H20FN3O2S2/c1-3-12-25(14-18-7-6-13-29-18)21(28)11-10-17-15-30-22(24-17)26(16(2)27)20-9-5-4-8-19(20)23/h3-11,13,15H,1,12,14H2,2H3/b11-10+. The highest BCUT2D eigenvalue weighted by atomic mass is 32.1. The van der Waals surface area contributed by atoms with Crippen LogP contribution in [0.15, 0.2) is 65.9 Å². The third-order valence-electron chi connectivity index (χ3n) is 4.09. The van der Waals surface area contributed by atoms with Gasteiger partial charge in [0.25, 0.3) is 0 Å². The van der Waals surface area contributed by atoms with E-state index in [9.17, 15) is 14.0 Å². The number of hydrogen-bond donors (Lipinski definition) is 0. The number of benzene rings is 1. The Hall–Kier alpha value is -3.10. The summed E-state index contributed by atoms with van der Waals surface area (Å²) >= 11 is 2.79. The highest BCUT2D eigenvalue weighted by molar-refractivity contribution is 7.14. The number of rotatable bonds is 8. The van der Waals surface area contributed by atoms with Gasteiger partial charge in [-0.25, -0.2) is 9.37 Å². The number of thiophene rings is 1. The number of para-hydroxylation sites is 1. The summed E-state index contributed by atoms with van der Waals surface area (Å²) in [5.74, 6) is -1.03. The van der Waals surface area contributed by atoms with Crippen LogP contribution < -0.4 is 4.90 Å². The summed E-state index contributed by atoms with van der Waals surface area (Å²) in [6.45, 7) is 5.99. The van der Waals surface area contributed by atoms with E-state index >= 15 is 0 Å². The van der Waals surface area contributed by atoms with Crippen molar-refractivity contribution in [2.75, 3.05) is 11.4 Å². The molecule has 0 aliphatic heterocycles. The van der Waals surface area contributed by atoms with Gasteiger partial charge in [-0.1, -0.05) is 24.3 Å². The molecule has 0 saturated heterocycles. The normalized spacial score (nSPS) is 10.9. The molecule has 0 N–H and O–H groups in total. The van der Waals surface area contributed by atoms with Crippen molar-refractivity contribution in [3.63, 3.8) is 0 Å². The second kappa shape index (κ2) is 10.1. The van der Waals surface area contributed by atoms with Crippen molar-refractivity contribution >= 4 is 51.4 Å². The van der Waals surface area contributed by atoms with Gasteiger partial charge in [0.05, 0.1) is 17.9 Å². The second-order valence-corrected chi connectivity index (χ2v) is 8.15. The highest BCUT2D eigenvalue weighted by Crippen LogP contribution is 2.31. The van der Waals surface area contributed by atoms with Crippen molar-refractivity contribution in [3.8, 4) is 0 Å². The van der Waals surface area contributed by atoms with Gasteiger partial charge in [-0.05, 0) is 29.7 Å². The number of carbonyl (C=O) groups is 2. The molecule has 30 heavy (non-hydrogen) atoms. The molecule has 0 aliphatic rings. The van der Waals surface area contributed by atoms with E-state index < -0.39 is 5.82 Å². The molecule has 5 nitrogen and oxygen atoms in total. The third-order valence-corrected chi connectivity index (χ3v) is 5.80. The summed E-state index contributed by atoms with van der Waals surface area (Å²) in [6.07, 6.45) is 4.71. The highest BCUT2D eigenvalue weighted by Gasteiger charge is 2.20. The predicted octanol–water partition coefficient (Wildman–Crippen LogP) is 5.26. The monoisotopic (exact) mass is 441 g/mol. The van der Waals surface area contributed by atoms with E-state index in [4.69, 9.17) is 0 Å². The SMILES string of the molecule is C=CCN(Cc1cccs1)C(=O)/C=C/c1csc(N(C(C)=O)c2ccccc2F)n1. The zero-order valence-electron chi connectivity index (χ0n) is 16.3. The van der Waals surface area contributed by atoms with Crippen LogP contribution in [0.25, 0.3) is 6.08 Å². The van der Waals surface area contributed by atoms with Crippen molar-refractivity contribution in [2.24, 2.45) is 0 Å². The van der Waals surface area contributed by atoms with E-state index in [2.05, 4.69) is 11.6 Å². The molecule has 0 aliphatic carbocycles. The molecule has 0 unspecified atom stereocenters. The quantitative estimate of drug-likeness (QED) is 0.354. The smallest absolute Gasteiger partial charge is 0.247 e. The molecule has 1 aromatic carbocycles. The van der Waals surface area contributed by atoms with Crippen LogP contribution in [0.2, 0.25) is 0 Å². The lowest BCUT2D eigenvalue weighted by molar-refractivity contribution is -0.126. The first-order valence-corrected chi connectivity index (χ1v) is 10.9. The number of halogens is 1. The fourth-order valence-electron chi connectivity index (χ4n) is 2.74. The molecule has 0 bridgehead atoms. The van der Waals surface area contributed by atoms with E-state index in [1.54, 1.807) is 45.9 Å². The zero-order valence-corrected chi connectivity index (χ0v) is 18.0. The number of anilines is 2. The van der Waals surface area contributed by atoms with Crippen LogP contribution in [0, 0.1) is 5.82 Å².